The van der Waals surface area contributed by atoms with Gasteiger partial charge in [-0.25, -0.2) is 0 Å². The van der Waals surface area contributed by atoms with Gasteiger partial charge >= 0.3 is 90.3 Å². The van der Waals surface area contributed by atoms with E-state index >= 15 is 0 Å². The molecule has 0 spiro atoms. The van der Waals surface area contributed by atoms with E-state index in [1.165, 1.54) is 0 Å². The quantitative estimate of drug-likeness (QED) is 0.291. The van der Waals surface area contributed by atoms with Crippen LogP contribution < -0.4 is 0 Å². The van der Waals surface area contributed by atoms with Gasteiger partial charge in [-0.15, -0.1) is 0 Å². The van der Waals surface area contributed by atoms with Crippen molar-refractivity contribution in [3.8, 4) is 0 Å². The third kappa shape index (κ3) is 9.12. The summed E-state index contributed by atoms with van der Waals surface area (Å²) >= 11 is 0. The topological polar surface area (TPSA) is 0 Å². The molecule has 4 heteroatoms. The summed E-state index contributed by atoms with van der Waals surface area (Å²) in [6.45, 7) is 0. The Labute approximate surface area is 105 Å². The summed E-state index contributed by atoms with van der Waals surface area (Å²) < 4.78 is 0. The predicted octanol–water partition coefficient (Wildman–Crippen LogP) is -3.66. The van der Waals surface area contributed by atoms with Gasteiger partial charge < -0.3 is 0 Å². The van der Waals surface area contributed by atoms with Crippen LogP contribution in [0.15, 0.2) is 0 Å². The Morgan fingerprint density at radius 1 is 1.00 bits per heavy atom. The maximum absolute atomic E-state index is 0. The van der Waals surface area contributed by atoms with Crippen molar-refractivity contribution in [3.63, 3.8) is 0 Å². The Morgan fingerprint density at radius 3 is 1.00 bits per heavy atom. The Morgan fingerprint density at radius 2 is 1.00 bits per heavy atom. The van der Waals surface area contributed by atoms with Crippen LogP contribution in [0.3, 0.4) is 0 Å². The molecule has 0 N–H and O–H groups in total. The maximum atomic E-state index is 0. The van der Waals surface area contributed by atoms with Crippen molar-refractivity contribution in [1.29, 1.82) is 0 Å². The van der Waals surface area contributed by atoms with Gasteiger partial charge in [0.15, 0.2) is 17.4 Å². The first-order valence-corrected chi connectivity index (χ1v) is 0. The van der Waals surface area contributed by atoms with Crippen LogP contribution >= 0.6 is 0 Å². The molecule has 0 saturated heterocycles. The van der Waals surface area contributed by atoms with E-state index in [9.17, 15) is 0 Å². The van der Waals surface area contributed by atoms with Gasteiger partial charge in [0.25, 0.3) is 0 Å². The zero-order valence-corrected chi connectivity index (χ0v) is 0. The molecule has 0 fully saturated rings. The van der Waals surface area contributed by atoms with Crippen LogP contribution in [0.1, 0.15) is 0 Å². The number of rotatable bonds is 0. The van der Waals surface area contributed by atoms with Crippen LogP contribution in [0, 0.1) is 0 Å². The summed E-state index contributed by atoms with van der Waals surface area (Å²) in [5, 5.41) is 0. The molecular weight excluding hydrogens is 114 g/mol. The summed E-state index contributed by atoms with van der Waals surface area (Å²) in [7, 11) is 0. The van der Waals surface area contributed by atoms with E-state index in [0.717, 1.165) is 0 Å². The molecule has 0 aliphatic heterocycles. The minimum atomic E-state index is 0. The molecule has 0 aromatic heterocycles. The summed E-state index contributed by atoms with van der Waals surface area (Å²) in [6.07, 6.45) is 0. The molecule has 0 atom stereocenters. The molecule has 0 aromatic rings. The van der Waals surface area contributed by atoms with Gasteiger partial charge in [0.05, 0.1) is 0 Å². The molecule has 16 valence electrons. The van der Waals surface area contributed by atoms with Crippen molar-refractivity contribution in [1.82, 2.24) is 0 Å². The Hall–Kier alpha value is 3.56. The van der Waals surface area contributed by atoms with Crippen molar-refractivity contribution in [2.24, 2.45) is 0 Å². The first kappa shape index (κ1) is 25.7. The summed E-state index contributed by atoms with van der Waals surface area (Å²) in [5.74, 6) is 0. The second-order valence-electron chi connectivity index (χ2n) is 0. The van der Waals surface area contributed by atoms with E-state index in [1.54, 1.807) is 0 Å². The average molecular weight is 122 g/mol. The zero-order valence-electron chi connectivity index (χ0n) is 0. The molecule has 0 aliphatic rings. The summed E-state index contributed by atoms with van der Waals surface area (Å²) in [4.78, 5) is 0. The third-order valence-electron chi connectivity index (χ3n) is 0. The van der Waals surface area contributed by atoms with Crippen LogP contribution in [0.2, 0.25) is 0 Å². The van der Waals surface area contributed by atoms with E-state index in [0.29, 0.717) is 0 Å². The molecule has 4 heavy (non-hydrogen) atoms. The van der Waals surface area contributed by atoms with Gasteiger partial charge in [-0.2, -0.15) is 0 Å². The fraction of sp³-hybridized carbons (Fsp3) is 0. The predicted molar refractivity (Wildman–Crippen MR) is 34.2 cm³/mol. The Kier molecular flexibility index (Phi) is 103. The van der Waals surface area contributed by atoms with E-state index in [2.05, 4.69) is 0 Å². The molecule has 0 unspecified atom stereocenters. The molecular formula is H8AlCaMgNa. The first-order valence-electron chi connectivity index (χ1n) is 0. The van der Waals surface area contributed by atoms with Crippen LogP contribution in [0.5, 0.6) is 0 Å². The number of hydrogen-bond donors (Lipinski definition) is 0. The SMILES string of the molecule is [AlH3].[CaH2].[MgH2].[NaH]. The molecule has 0 aliphatic carbocycles. The van der Waals surface area contributed by atoms with Crippen molar-refractivity contribution < 1.29 is 0 Å². The number of hydrogen-bond acceptors (Lipinski definition) is 0. The minimum absolute atomic E-state index is 0. The van der Waals surface area contributed by atoms with Crippen molar-refractivity contribution in [2.75, 3.05) is 0 Å². The second-order valence-corrected chi connectivity index (χ2v) is 0. The zero-order chi connectivity index (χ0) is 0. The molecule has 0 amide bonds. The van der Waals surface area contributed by atoms with Gasteiger partial charge in [-0.05, 0) is 0 Å². The van der Waals surface area contributed by atoms with Crippen molar-refractivity contribution in [2.45, 2.75) is 0 Å². The second kappa shape index (κ2) is 16.0. The third-order valence-corrected chi connectivity index (χ3v) is 0. The van der Waals surface area contributed by atoms with Gasteiger partial charge in [0.1, 0.15) is 0 Å². The molecule has 0 bridgehead atoms. The van der Waals surface area contributed by atoms with Crippen molar-refractivity contribution >= 4 is 108 Å². The standard InChI is InChI=1S/Al.Ca.Mg.Na.8H. The van der Waals surface area contributed by atoms with Crippen LogP contribution in [-0.4, -0.2) is 108 Å². The molecule has 0 nitrogen and oxygen atoms in total. The molecule has 0 heterocycles. The first-order chi connectivity index (χ1) is 0. The monoisotopic (exact) mass is 122 g/mol. The fourth-order valence-corrected chi connectivity index (χ4v) is 0. The Balaban J connectivity index is 0. The van der Waals surface area contributed by atoms with Gasteiger partial charge in [-0.3, -0.25) is 0 Å². The summed E-state index contributed by atoms with van der Waals surface area (Å²) in [6, 6.07) is 0. The average Bonchev–Trinajstić information content (AvgIpc) is 0. The van der Waals surface area contributed by atoms with E-state index < -0.39 is 0 Å². The molecule has 0 aromatic carbocycles. The molecule has 0 rings (SSSR count). The van der Waals surface area contributed by atoms with Gasteiger partial charge in [0.2, 0.25) is 0 Å². The summed E-state index contributed by atoms with van der Waals surface area (Å²) in [5.41, 5.74) is 0. The van der Waals surface area contributed by atoms with Crippen molar-refractivity contribution in [3.05, 3.63) is 0 Å². The van der Waals surface area contributed by atoms with Crippen LogP contribution in [-0.2, 0) is 0 Å². The Bertz CT molecular complexity index is 8.00. The van der Waals surface area contributed by atoms with E-state index in [1.807, 2.05) is 0 Å². The van der Waals surface area contributed by atoms with Gasteiger partial charge in [0, 0.05) is 0 Å². The van der Waals surface area contributed by atoms with E-state index in [-0.39, 0.29) is 108 Å². The van der Waals surface area contributed by atoms with Crippen LogP contribution in [0.25, 0.3) is 0 Å². The molecule has 0 saturated carbocycles. The normalized spacial score (nSPS) is 0. The fourth-order valence-electron chi connectivity index (χ4n) is 0. The van der Waals surface area contributed by atoms with Gasteiger partial charge in [-0.1, -0.05) is 0 Å². The molecule has 0 radical (unpaired) electrons. The van der Waals surface area contributed by atoms with Crippen LogP contribution in [0.4, 0.5) is 0 Å². The van der Waals surface area contributed by atoms with E-state index in [4.69, 9.17) is 0 Å².